The summed E-state index contributed by atoms with van der Waals surface area (Å²) < 4.78 is 27.0. The Kier molecular flexibility index (Phi) is 6.43. The number of rotatable bonds is 5. The average molecular weight is 421 g/mol. The van der Waals surface area contributed by atoms with Crippen LogP contribution in [-0.2, 0) is 14.8 Å². The van der Waals surface area contributed by atoms with E-state index in [0.29, 0.717) is 35.8 Å². The van der Waals surface area contributed by atoms with Gasteiger partial charge in [-0.15, -0.1) is 0 Å². The number of hydrogen-bond donors (Lipinski definition) is 1. The van der Waals surface area contributed by atoms with Crippen molar-refractivity contribution in [3.05, 3.63) is 64.7 Å². The first-order valence-corrected chi connectivity index (χ1v) is 11.2. The van der Waals surface area contributed by atoms with Crippen molar-refractivity contribution in [2.45, 2.75) is 37.6 Å². The lowest BCUT2D eigenvalue weighted by molar-refractivity contribution is -0.126. The van der Waals surface area contributed by atoms with Crippen molar-refractivity contribution in [1.29, 1.82) is 0 Å². The van der Waals surface area contributed by atoms with Crippen molar-refractivity contribution in [2.24, 2.45) is 5.92 Å². The van der Waals surface area contributed by atoms with Crippen LogP contribution in [0, 0.1) is 12.8 Å². The lowest BCUT2D eigenvalue weighted by Gasteiger charge is -2.31. The predicted molar refractivity (Wildman–Crippen MR) is 111 cm³/mol. The summed E-state index contributed by atoms with van der Waals surface area (Å²) in [6, 6.07) is 14.1. The van der Waals surface area contributed by atoms with Gasteiger partial charge in [0.2, 0.25) is 15.9 Å². The SMILES string of the molecule is Cc1ccc(S(=O)(=O)N2CCC(C(=O)N[C@@H](C)c3ccc(Cl)cc3)CC2)cc1. The van der Waals surface area contributed by atoms with Crippen LogP contribution in [0.25, 0.3) is 0 Å². The molecule has 1 aliphatic rings. The van der Waals surface area contributed by atoms with Gasteiger partial charge >= 0.3 is 0 Å². The van der Waals surface area contributed by atoms with E-state index in [1.807, 2.05) is 26.0 Å². The number of carbonyl (C=O) groups excluding carboxylic acids is 1. The molecule has 0 bridgehead atoms. The molecular weight excluding hydrogens is 396 g/mol. The molecule has 2 aromatic rings. The maximum atomic E-state index is 12.8. The van der Waals surface area contributed by atoms with Crippen LogP contribution in [0.3, 0.4) is 0 Å². The lowest BCUT2D eigenvalue weighted by Crippen LogP contribution is -2.43. The van der Waals surface area contributed by atoms with Gasteiger partial charge in [-0.3, -0.25) is 4.79 Å². The quantitative estimate of drug-likeness (QED) is 0.796. The molecule has 2 aromatic carbocycles. The number of carbonyl (C=O) groups is 1. The third kappa shape index (κ3) is 4.74. The van der Waals surface area contributed by atoms with Gasteiger partial charge in [-0.05, 0) is 56.5 Å². The maximum Gasteiger partial charge on any atom is 0.243 e. The van der Waals surface area contributed by atoms with Crippen molar-refractivity contribution in [1.82, 2.24) is 9.62 Å². The van der Waals surface area contributed by atoms with E-state index in [0.717, 1.165) is 11.1 Å². The molecule has 0 unspecified atom stereocenters. The fourth-order valence-electron chi connectivity index (χ4n) is 3.38. The summed E-state index contributed by atoms with van der Waals surface area (Å²) in [4.78, 5) is 12.9. The van der Waals surface area contributed by atoms with Crippen LogP contribution < -0.4 is 5.32 Å². The number of hydrogen-bond acceptors (Lipinski definition) is 3. The van der Waals surface area contributed by atoms with E-state index in [9.17, 15) is 13.2 Å². The molecule has 1 fully saturated rings. The third-order valence-electron chi connectivity index (χ3n) is 5.21. The number of benzene rings is 2. The zero-order chi connectivity index (χ0) is 20.3. The zero-order valence-corrected chi connectivity index (χ0v) is 17.6. The van der Waals surface area contributed by atoms with Gasteiger partial charge in [0, 0.05) is 24.0 Å². The van der Waals surface area contributed by atoms with Crippen LogP contribution in [0.2, 0.25) is 5.02 Å². The summed E-state index contributed by atoms with van der Waals surface area (Å²) >= 11 is 5.91. The molecule has 7 heteroatoms. The number of amides is 1. The number of sulfonamides is 1. The Balaban J connectivity index is 1.57. The monoisotopic (exact) mass is 420 g/mol. The van der Waals surface area contributed by atoms with E-state index in [4.69, 9.17) is 11.6 Å². The maximum absolute atomic E-state index is 12.8. The smallest absolute Gasteiger partial charge is 0.243 e. The average Bonchev–Trinajstić information content (AvgIpc) is 2.69. The number of piperidine rings is 1. The molecule has 3 rings (SSSR count). The Morgan fingerprint density at radius 1 is 1.07 bits per heavy atom. The normalized spacial score (nSPS) is 17.2. The third-order valence-corrected chi connectivity index (χ3v) is 7.38. The Morgan fingerprint density at radius 3 is 2.21 bits per heavy atom. The molecule has 0 aliphatic carbocycles. The van der Waals surface area contributed by atoms with Gasteiger partial charge in [-0.25, -0.2) is 8.42 Å². The molecule has 1 aliphatic heterocycles. The highest BCUT2D eigenvalue weighted by Gasteiger charge is 2.32. The first-order chi connectivity index (χ1) is 13.3. The van der Waals surface area contributed by atoms with Crippen molar-refractivity contribution in [3.63, 3.8) is 0 Å². The molecule has 1 heterocycles. The Labute approximate surface area is 171 Å². The van der Waals surface area contributed by atoms with Crippen molar-refractivity contribution in [2.75, 3.05) is 13.1 Å². The summed E-state index contributed by atoms with van der Waals surface area (Å²) in [5, 5.41) is 3.68. The summed E-state index contributed by atoms with van der Waals surface area (Å²) in [5.74, 6) is -0.214. The largest absolute Gasteiger partial charge is 0.349 e. The van der Waals surface area contributed by atoms with Gasteiger partial charge in [0.05, 0.1) is 10.9 Å². The Bertz CT molecular complexity index is 919. The fraction of sp³-hybridized carbons (Fsp3) is 0.381. The molecule has 1 amide bonds. The number of nitrogens with zero attached hydrogens (tertiary/aromatic N) is 1. The molecule has 0 aromatic heterocycles. The number of halogens is 1. The lowest BCUT2D eigenvalue weighted by atomic mass is 9.96. The molecule has 1 N–H and O–H groups in total. The second kappa shape index (κ2) is 8.64. The molecule has 1 saturated heterocycles. The molecule has 0 saturated carbocycles. The summed E-state index contributed by atoms with van der Waals surface area (Å²) in [7, 11) is -3.51. The standard InChI is InChI=1S/C21H25ClN2O3S/c1-15-3-9-20(10-4-15)28(26,27)24-13-11-18(12-14-24)21(25)23-16(2)17-5-7-19(22)8-6-17/h3-10,16,18H,11-14H2,1-2H3,(H,23,25)/t16-/m0/s1. The summed E-state index contributed by atoms with van der Waals surface area (Å²) in [6.45, 7) is 4.55. The van der Waals surface area contributed by atoms with Crippen molar-refractivity contribution < 1.29 is 13.2 Å². The van der Waals surface area contributed by atoms with E-state index in [1.165, 1.54) is 4.31 Å². The van der Waals surface area contributed by atoms with Gasteiger partial charge in [0.1, 0.15) is 0 Å². The second-order valence-corrected chi connectivity index (χ2v) is 9.65. The Morgan fingerprint density at radius 2 is 1.64 bits per heavy atom. The fourth-order valence-corrected chi connectivity index (χ4v) is 4.98. The minimum atomic E-state index is -3.51. The van der Waals surface area contributed by atoms with E-state index in [-0.39, 0.29) is 17.9 Å². The molecule has 28 heavy (non-hydrogen) atoms. The number of aryl methyl sites for hydroxylation is 1. The van der Waals surface area contributed by atoms with Crippen LogP contribution in [0.4, 0.5) is 0 Å². The summed E-state index contributed by atoms with van der Waals surface area (Å²) in [6.07, 6.45) is 1.04. The van der Waals surface area contributed by atoms with Crippen molar-refractivity contribution >= 4 is 27.5 Å². The first kappa shape index (κ1) is 20.8. The van der Waals surface area contributed by atoms with Gasteiger partial charge in [-0.1, -0.05) is 41.4 Å². The highest BCUT2D eigenvalue weighted by molar-refractivity contribution is 7.89. The van der Waals surface area contributed by atoms with E-state index in [2.05, 4.69) is 5.32 Å². The van der Waals surface area contributed by atoms with Gasteiger partial charge in [0.15, 0.2) is 0 Å². The Hall–Kier alpha value is -1.89. The van der Waals surface area contributed by atoms with Crippen LogP contribution in [0.1, 0.15) is 36.9 Å². The molecule has 150 valence electrons. The number of nitrogens with one attached hydrogen (secondary N) is 1. The molecule has 0 radical (unpaired) electrons. The molecule has 0 spiro atoms. The summed E-state index contributed by atoms with van der Waals surface area (Å²) in [5.41, 5.74) is 2.00. The highest BCUT2D eigenvalue weighted by atomic mass is 35.5. The minimum Gasteiger partial charge on any atom is -0.349 e. The van der Waals surface area contributed by atoms with Gasteiger partial charge < -0.3 is 5.32 Å². The van der Waals surface area contributed by atoms with Crippen LogP contribution >= 0.6 is 11.6 Å². The van der Waals surface area contributed by atoms with Crippen LogP contribution in [0.5, 0.6) is 0 Å². The van der Waals surface area contributed by atoms with Crippen LogP contribution in [-0.4, -0.2) is 31.7 Å². The van der Waals surface area contributed by atoms with E-state index in [1.54, 1.807) is 36.4 Å². The zero-order valence-electron chi connectivity index (χ0n) is 16.1. The molecule has 5 nitrogen and oxygen atoms in total. The highest BCUT2D eigenvalue weighted by Crippen LogP contribution is 2.25. The molecule has 1 atom stereocenters. The second-order valence-electron chi connectivity index (χ2n) is 7.27. The molecular formula is C21H25ClN2O3S. The van der Waals surface area contributed by atoms with E-state index < -0.39 is 10.0 Å². The van der Waals surface area contributed by atoms with Gasteiger partial charge in [-0.2, -0.15) is 4.31 Å². The van der Waals surface area contributed by atoms with E-state index >= 15 is 0 Å². The predicted octanol–water partition coefficient (Wildman–Crippen LogP) is 3.93. The first-order valence-electron chi connectivity index (χ1n) is 9.40. The topological polar surface area (TPSA) is 66.5 Å². The van der Waals surface area contributed by atoms with Gasteiger partial charge in [0.25, 0.3) is 0 Å². The minimum absolute atomic E-state index is 0.0326. The van der Waals surface area contributed by atoms with Crippen molar-refractivity contribution in [3.8, 4) is 0 Å². The van der Waals surface area contributed by atoms with Crippen LogP contribution in [0.15, 0.2) is 53.4 Å².